The van der Waals surface area contributed by atoms with Crippen LogP contribution in [0.1, 0.15) is 6.92 Å². The number of methoxy groups -OCH3 is 1. The molecule has 0 unspecified atom stereocenters. The molecule has 8 nitrogen and oxygen atoms in total. The molecule has 2 aromatic rings. The van der Waals surface area contributed by atoms with E-state index in [0.717, 1.165) is 23.1 Å². The first kappa shape index (κ1) is 18.5. The molecular formula is C13H15N3O5S3. The molecule has 0 aliphatic carbocycles. The molecule has 0 aliphatic rings. The maximum Gasteiger partial charge on any atom is 0.316 e. The molecule has 0 radical (unpaired) electrons. The van der Waals surface area contributed by atoms with Crippen molar-refractivity contribution < 1.29 is 22.7 Å². The second-order valence-corrected chi connectivity index (χ2v) is 8.13. The second kappa shape index (κ2) is 8.31. The van der Waals surface area contributed by atoms with Crippen LogP contribution in [0.4, 0.5) is 5.13 Å². The first-order valence-electron chi connectivity index (χ1n) is 6.73. The van der Waals surface area contributed by atoms with Crippen molar-refractivity contribution in [3.05, 3.63) is 24.3 Å². The molecule has 1 N–H and O–H groups in total. The molecule has 2 rings (SSSR count). The van der Waals surface area contributed by atoms with Crippen molar-refractivity contribution in [2.24, 2.45) is 0 Å². The Morgan fingerprint density at radius 3 is 2.62 bits per heavy atom. The number of nitrogens with zero attached hydrogens (tertiary/aromatic N) is 2. The number of aromatic nitrogens is 2. The summed E-state index contributed by atoms with van der Waals surface area (Å²) >= 11 is 2.16. The third-order valence-electron chi connectivity index (χ3n) is 2.61. The molecule has 0 aliphatic heterocycles. The van der Waals surface area contributed by atoms with E-state index in [4.69, 9.17) is 4.74 Å². The second-order valence-electron chi connectivity index (χ2n) is 4.25. The van der Waals surface area contributed by atoms with Crippen molar-refractivity contribution in [3.63, 3.8) is 0 Å². The fourth-order valence-electron chi connectivity index (χ4n) is 1.54. The molecule has 1 heterocycles. The van der Waals surface area contributed by atoms with Crippen LogP contribution in [-0.4, -0.2) is 44.1 Å². The van der Waals surface area contributed by atoms with E-state index >= 15 is 0 Å². The minimum Gasteiger partial charge on any atom is -0.494 e. The zero-order chi connectivity index (χ0) is 17.6. The van der Waals surface area contributed by atoms with Crippen LogP contribution >= 0.6 is 23.1 Å². The Labute approximate surface area is 147 Å². The lowest BCUT2D eigenvalue weighted by Crippen LogP contribution is -2.12. The summed E-state index contributed by atoms with van der Waals surface area (Å²) in [6.45, 7) is 2.35. The molecule has 1 aromatic heterocycles. The van der Waals surface area contributed by atoms with Gasteiger partial charge in [0.25, 0.3) is 10.0 Å². The Bertz CT molecular complexity index is 789. The third-order valence-corrected chi connectivity index (χ3v) is 6.04. The van der Waals surface area contributed by atoms with Crippen LogP contribution in [0.15, 0.2) is 33.5 Å². The maximum atomic E-state index is 12.3. The van der Waals surface area contributed by atoms with E-state index in [1.165, 1.54) is 19.2 Å². The number of benzene rings is 1. The van der Waals surface area contributed by atoms with Gasteiger partial charge < -0.3 is 9.47 Å². The standard InChI is InChI=1S/C13H15N3O5S3/c1-3-21-9-4-6-10(7-5-9)24(18,19)16-12-14-15-13(23-12)22-8-11(17)20-2/h4-7H,3,8H2,1-2H3,(H,14,16). The molecule has 130 valence electrons. The average molecular weight is 389 g/mol. The van der Waals surface area contributed by atoms with E-state index in [0.29, 0.717) is 16.7 Å². The van der Waals surface area contributed by atoms with Gasteiger partial charge in [0.1, 0.15) is 5.75 Å². The van der Waals surface area contributed by atoms with Crippen LogP contribution in [0, 0.1) is 0 Å². The fraction of sp³-hybridized carbons (Fsp3) is 0.308. The lowest BCUT2D eigenvalue weighted by Gasteiger charge is -2.06. The Hall–Kier alpha value is -1.85. The van der Waals surface area contributed by atoms with Gasteiger partial charge in [-0.1, -0.05) is 23.1 Å². The van der Waals surface area contributed by atoms with Gasteiger partial charge in [0.15, 0.2) is 4.34 Å². The van der Waals surface area contributed by atoms with Gasteiger partial charge in [-0.2, -0.15) is 0 Å². The van der Waals surface area contributed by atoms with Crippen molar-refractivity contribution in [1.82, 2.24) is 10.2 Å². The highest BCUT2D eigenvalue weighted by molar-refractivity contribution is 8.01. The van der Waals surface area contributed by atoms with Crippen LogP contribution < -0.4 is 9.46 Å². The van der Waals surface area contributed by atoms with Crippen LogP contribution in [-0.2, 0) is 19.6 Å². The highest BCUT2D eigenvalue weighted by atomic mass is 32.2. The SMILES string of the molecule is CCOc1ccc(S(=O)(=O)Nc2nnc(SCC(=O)OC)s2)cc1. The number of carbonyl (C=O) groups is 1. The summed E-state index contributed by atoms with van der Waals surface area (Å²) in [5, 5.41) is 7.70. The summed E-state index contributed by atoms with van der Waals surface area (Å²) in [5.74, 6) is 0.275. The summed E-state index contributed by atoms with van der Waals surface area (Å²) in [4.78, 5) is 11.2. The van der Waals surface area contributed by atoms with E-state index in [-0.39, 0.29) is 15.8 Å². The fourth-order valence-corrected chi connectivity index (χ4v) is 4.36. The van der Waals surface area contributed by atoms with E-state index in [2.05, 4.69) is 19.7 Å². The molecule has 0 fully saturated rings. The molecule has 0 atom stereocenters. The predicted molar refractivity (Wildman–Crippen MR) is 91.1 cm³/mol. The number of ether oxygens (including phenoxy) is 2. The maximum absolute atomic E-state index is 12.3. The van der Waals surface area contributed by atoms with Gasteiger partial charge in [0, 0.05) is 0 Å². The van der Waals surface area contributed by atoms with Crippen molar-refractivity contribution in [2.75, 3.05) is 24.2 Å². The number of anilines is 1. The first-order chi connectivity index (χ1) is 11.4. The lowest BCUT2D eigenvalue weighted by atomic mass is 10.3. The molecule has 0 bridgehead atoms. The summed E-state index contributed by atoms with van der Waals surface area (Å²) < 4.78 is 37.2. The predicted octanol–water partition coefficient (Wildman–Crippen LogP) is 2.00. The zero-order valence-corrected chi connectivity index (χ0v) is 15.3. The lowest BCUT2D eigenvalue weighted by molar-refractivity contribution is -0.137. The zero-order valence-electron chi connectivity index (χ0n) is 12.9. The van der Waals surface area contributed by atoms with E-state index in [1.54, 1.807) is 12.1 Å². The van der Waals surface area contributed by atoms with Gasteiger partial charge in [-0.25, -0.2) is 8.42 Å². The van der Waals surface area contributed by atoms with Gasteiger partial charge >= 0.3 is 5.97 Å². The summed E-state index contributed by atoms with van der Waals surface area (Å²) in [6.07, 6.45) is 0. The molecular weight excluding hydrogens is 374 g/mol. The van der Waals surface area contributed by atoms with E-state index in [9.17, 15) is 13.2 Å². The van der Waals surface area contributed by atoms with Gasteiger partial charge in [-0.15, -0.1) is 10.2 Å². The van der Waals surface area contributed by atoms with Crippen molar-refractivity contribution in [3.8, 4) is 5.75 Å². The summed E-state index contributed by atoms with van der Waals surface area (Å²) in [6, 6.07) is 6.05. The van der Waals surface area contributed by atoms with Crippen LogP contribution in [0.5, 0.6) is 5.75 Å². The molecule has 1 aromatic carbocycles. The highest BCUT2D eigenvalue weighted by Gasteiger charge is 2.17. The number of hydrogen-bond donors (Lipinski definition) is 1. The van der Waals surface area contributed by atoms with Gasteiger partial charge in [-0.3, -0.25) is 9.52 Å². The molecule has 0 spiro atoms. The van der Waals surface area contributed by atoms with E-state index in [1.807, 2.05) is 6.92 Å². The van der Waals surface area contributed by atoms with Crippen LogP contribution in [0.3, 0.4) is 0 Å². The van der Waals surface area contributed by atoms with Crippen LogP contribution in [0.2, 0.25) is 0 Å². The third kappa shape index (κ3) is 5.08. The molecule has 0 amide bonds. The molecule has 0 saturated heterocycles. The topological polar surface area (TPSA) is 107 Å². The number of carbonyl (C=O) groups excluding carboxylic acids is 1. The number of esters is 1. The number of hydrogen-bond acceptors (Lipinski definition) is 9. The smallest absolute Gasteiger partial charge is 0.316 e. The normalized spacial score (nSPS) is 11.1. The molecule has 24 heavy (non-hydrogen) atoms. The Balaban J connectivity index is 2.03. The monoisotopic (exact) mass is 389 g/mol. The first-order valence-corrected chi connectivity index (χ1v) is 10.0. The van der Waals surface area contributed by atoms with Crippen molar-refractivity contribution in [2.45, 2.75) is 16.2 Å². The van der Waals surface area contributed by atoms with Gasteiger partial charge in [-0.05, 0) is 31.2 Å². The molecule has 11 heteroatoms. The highest BCUT2D eigenvalue weighted by Crippen LogP contribution is 2.27. The average Bonchev–Trinajstić information content (AvgIpc) is 3.00. The van der Waals surface area contributed by atoms with Crippen molar-refractivity contribution in [1.29, 1.82) is 0 Å². The Morgan fingerprint density at radius 2 is 2.00 bits per heavy atom. The summed E-state index contributed by atoms with van der Waals surface area (Å²) in [5.41, 5.74) is 0. The Kier molecular flexibility index (Phi) is 6.40. The molecule has 0 saturated carbocycles. The minimum atomic E-state index is -3.77. The van der Waals surface area contributed by atoms with E-state index < -0.39 is 16.0 Å². The number of sulfonamides is 1. The van der Waals surface area contributed by atoms with Crippen molar-refractivity contribution >= 4 is 44.2 Å². The number of nitrogens with one attached hydrogen (secondary N) is 1. The number of rotatable bonds is 8. The van der Waals surface area contributed by atoms with Crippen LogP contribution in [0.25, 0.3) is 0 Å². The quantitative estimate of drug-likeness (QED) is 0.540. The van der Waals surface area contributed by atoms with Gasteiger partial charge in [0.2, 0.25) is 5.13 Å². The Morgan fingerprint density at radius 1 is 1.29 bits per heavy atom. The van der Waals surface area contributed by atoms with Gasteiger partial charge in [0.05, 0.1) is 24.4 Å². The number of thioether (sulfide) groups is 1. The summed E-state index contributed by atoms with van der Waals surface area (Å²) in [7, 11) is -2.48. The minimum absolute atomic E-state index is 0.0801. The largest absolute Gasteiger partial charge is 0.494 e.